The van der Waals surface area contributed by atoms with Gasteiger partial charge in [0.15, 0.2) is 11.5 Å². The zero-order valence-corrected chi connectivity index (χ0v) is 11.8. The van der Waals surface area contributed by atoms with E-state index in [-0.39, 0.29) is 0 Å². The van der Waals surface area contributed by atoms with E-state index in [9.17, 15) is 0 Å². The average Bonchev–Trinajstić information content (AvgIpc) is 2.45. The molecular formula is C14H22N2O3. The Hall–Kier alpha value is -1.59. The first kappa shape index (κ1) is 15.5. The van der Waals surface area contributed by atoms with Gasteiger partial charge in [0.2, 0.25) is 0 Å². The van der Waals surface area contributed by atoms with Crippen LogP contribution < -0.4 is 14.8 Å². The molecule has 19 heavy (non-hydrogen) atoms. The van der Waals surface area contributed by atoms with Gasteiger partial charge in [0.05, 0.1) is 20.3 Å². The van der Waals surface area contributed by atoms with Crippen molar-refractivity contribution in [2.75, 3.05) is 47.6 Å². The maximum absolute atomic E-state index is 5.56. The van der Waals surface area contributed by atoms with Crippen molar-refractivity contribution in [1.82, 2.24) is 5.32 Å². The van der Waals surface area contributed by atoms with Crippen molar-refractivity contribution in [1.29, 1.82) is 0 Å². The molecule has 0 amide bonds. The molecule has 0 aliphatic carbocycles. The number of benzene rings is 1. The van der Waals surface area contributed by atoms with Gasteiger partial charge in [-0.25, -0.2) is 0 Å². The summed E-state index contributed by atoms with van der Waals surface area (Å²) < 4.78 is 15.8. The van der Waals surface area contributed by atoms with Gasteiger partial charge in [0.25, 0.3) is 0 Å². The van der Waals surface area contributed by atoms with Crippen molar-refractivity contribution in [3.8, 4) is 11.5 Å². The monoisotopic (exact) mass is 266 g/mol. The largest absolute Gasteiger partial charge is 0.493 e. The first-order chi connectivity index (χ1) is 9.31. The fourth-order valence-electron chi connectivity index (χ4n) is 1.46. The third kappa shape index (κ3) is 5.72. The van der Waals surface area contributed by atoms with Crippen LogP contribution in [0.1, 0.15) is 5.56 Å². The minimum atomic E-state index is 0.502. The summed E-state index contributed by atoms with van der Waals surface area (Å²) in [7, 11) is 5.18. The Morgan fingerprint density at radius 2 is 2.05 bits per heavy atom. The summed E-state index contributed by atoms with van der Waals surface area (Å²) >= 11 is 0. The highest BCUT2D eigenvalue weighted by Crippen LogP contribution is 2.27. The smallest absolute Gasteiger partial charge is 0.161 e. The van der Waals surface area contributed by atoms with Crippen molar-refractivity contribution >= 4 is 6.21 Å². The maximum atomic E-state index is 5.56. The predicted octanol–water partition coefficient (Wildman–Crippen LogP) is 1.36. The molecule has 0 aliphatic heterocycles. The number of hydrogen-bond donors (Lipinski definition) is 1. The quantitative estimate of drug-likeness (QED) is 0.541. The summed E-state index contributed by atoms with van der Waals surface area (Å²) in [6.07, 6.45) is 1.83. The van der Waals surface area contributed by atoms with Crippen LogP contribution in [0, 0.1) is 0 Å². The lowest BCUT2D eigenvalue weighted by atomic mass is 10.2. The lowest BCUT2D eigenvalue weighted by Crippen LogP contribution is -2.10. The van der Waals surface area contributed by atoms with Crippen LogP contribution in [-0.4, -0.2) is 53.8 Å². The predicted molar refractivity (Wildman–Crippen MR) is 76.8 cm³/mol. The molecule has 0 bridgehead atoms. The van der Waals surface area contributed by atoms with E-state index >= 15 is 0 Å². The molecule has 1 aromatic carbocycles. The molecule has 0 saturated heterocycles. The highest BCUT2D eigenvalue weighted by molar-refractivity contribution is 5.80. The van der Waals surface area contributed by atoms with E-state index in [1.165, 1.54) is 0 Å². The number of methoxy groups -OCH3 is 2. The highest BCUT2D eigenvalue weighted by Gasteiger charge is 2.04. The Bertz CT molecular complexity index is 394. The molecule has 0 unspecified atom stereocenters. The summed E-state index contributed by atoms with van der Waals surface area (Å²) in [5.41, 5.74) is 0.993. The van der Waals surface area contributed by atoms with Gasteiger partial charge in [-0.3, -0.25) is 4.99 Å². The van der Waals surface area contributed by atoms with Crippen LogP contribution in [0.5, 0.6) is 11.5 Å². The number of nitrogens with one attached hydrogen (secondary N) is 1. The first-order valence-electron chi connectivity index (χ1n) is 6.26. The highest BCUT2D eigenvalue weighted by atomic mass is 16.5. The summed E-state index contributed by atoms with van der Waals surface area (Å²) in [6.45, 7) is 2.68. The average molecular weight is 266 g/mol. The van der Waals surface area contributed by atoms with Gasteiger partial charge >= 0.3 is 0 Å². The van der Waals surface area contributed by atoms with E-state index in [2.05, 4.69) is 10.3 Å². The zero-order chi connectivity index (χ0) is 13.9. The molecule has 106 valence electrons. The standard InChI is InChI=1S/C14H22N2O3/c1-15-6-7-16-11-12-4-5-13(14(10-12)18-3)19-9-8-17-2/h4-5,10-11,15H,6-9H2,1-3H3. The maximum Gasteiger partial charge on any atom is 0.161 e. The van der Waals surface area contributed by atoms with E-state index < -0.39 is 0 Å². The lowest BCUT2D eigenvalue weighted by Gasteiger charge is -2.10. The van der Waals surface area contributed by atoms with Gasteiger partial charge in [-0.1, -0.05) is 0 Å². The number of ether oxygens (including phenoxy) is 3. The first-order valence-corrected chi connectivity index (χ1v) is 6.26. The van der Waals surface area contributed by atoms with Crippen LogP contribution in [0.15, 0.2) is 23.2 Å². The second kappa shape index (κ2) is 9.35. The fraction of sp³-hybridized carbons (Fsp3) is 0.500. The Morgan fingerprint density at radius 1 is 1.21 bits per heavy atom. The number of hydrogen-bond acceptors (Lipinski definition) is 5. The van der Waals surface area contributed by atoms with E-state index in [1.54, 1.807) is 14.2 Å². The molecule has 0 radical (unpaired) electrons. The molecule has 0 saturated carbocycles. The van der Waals surface area contributed by atoms with Crippen molar-refractivity contribution in [3.05, 3.63) is 23.8 Å². The Labute approximate surface area is 114 Å². The second-order valence-electron chi connectivity index (χ2n) is 3.89. The van der Waals surface area contributed by atoms with Crippen molar-refractivity contribution in [3.63, 3.8) is 0 Å². The topological polar surface area (TPSA) is 52.1 Å². The Morgan fingerprint density at radius 3 is 2.74 bits per heavy atom. The van der Waals surface area contributed by atoms with Gasteiger partial charge < -0.3 is 19.5 Å². The molecule has 0 fully saturated rings. The third-order valence-corrected chi connectivity index (χ3v) is 2.46. The van der Waals surface area contributed by atoms with Crippen molar-refractivity contribution < 1.29 is 14.2 Å². The molecule has 0 heterocycles. The van der Waals surface area contributed by atoms with Gasteiger partial charge in [0.1, 0.15) is 6.61 Å². The third-order valence-electron chi connectivity index (χ3n) is 2.46. The SMILES string of the molecule is CNCCN=Cc1ccc(OCCOC)c(OC)c1. The van der Waals surface area contributed by atoms with E-state index in [1.807, 2.05) is 31.5 Å². The second-order valence-corrected chi connectivity index (χ2v) is 3.89. The summed E-state index contributed by atoms with van der Waals surface area (Å²) in [5.74, 6) is 1.42. The molecule has 1 N–H and O–H groups in total. The normalized spacial score (nSPS) is 10.9. The molecule has 1 rings (SSSR count). The number of rotatable bonds is 9. The number of nitrogens with zero attached hydrogens (tertiary/aromatic N) is 1. The summed E-state index contributed by atoms with van der Waals surface area (Å²) in [4.78, 5) is 4.31. The van der Waals surface area contributed by atoms with Gasteiger partial charge in [0, 0.05) is 19.9 Å². The molecule has 5 heteroatoms. The molecule has 0 aromatic heterocycles. The molecule has 5 nitrogen and oxygen atoms in total. The van der Waals surface area contributed by atoms with Gasteiger partial charge in [-0.15, -0.1) is 0 Å². The van der Waals surface area contributed by atoms with Crippen LogP contribution >= 0.6 is 0 Å². The van der Waals surface area contributed by atoms with E-state index in [4.69, 9.17) is 14.2 Å². The minimum absolute atomic E-state index is 0.502. The zero-order valence-electron chi connectivity index (χ0n) is 11.8. The fourth-order valence-corrected chi connectivity index (χ4v) is 1.46. The number of aliphatic imine (C=N–C) groups is 1. The van der Waals surface area contributed by atoms with Crippen LogP contribution in [0.2, 0.25) is 0 Å². The molecule has 0 aliphatic rings. The molecule has 1 aromatic rings. The van der Waals surface area contributed by atoms with Crippen LogP contribution in [-0.2, 0) is 4.74 Å². The van der Waals surface area contributed by atoms with Gasteiger partial charge in [-0.2, -0.15) is 0 Å². The van der Waals surface area contributed by atoms with E-state index in [0.717, 1.165) is 18.7 Å². The molecule has 0 spiro atoms. The summed E-state index contributed by atoms with van der Waals surface area (Å²) in [6, 6.07) is 5.74. The Balaban J connectivity index is 2.64. The number of likely N-dealkylation sites (N-methyl/N-ethyl adjacent to an activating group) is 1. The van der Waals surface area contributed by atoms with Crippen molar-refractivity contribution in [2.45, 2.75) is 0 Å². The molecular weight excluding hydrogens is 244 g/mol. The van der Waals surface area contributed by atoms with Crippen LogP contribution in [0.25, 0.3) is 0 Å². The minimum Gasteiger partial charge on any atom is -0.493 e. The van der Waals surface area contributed by atoms with Crippen LogP contribution in [0.3, 0.4) is 0 Å². The lowest BCUT2D eigenvalue weighted by molar-refractivity contribution is 0.144. The summed E-state index contributed by atoms with van der Waals surface area (Å²) in [5, 5.41) is 3.04. The Kier molecular flexibility index (Phi) is 7.62. The van der Waals surface area contributed by atoms with Crippen molar-refractivity contribution in [2.24, 2.45) is 4.99 Å². The van der Waals surface area contributed by atoms with E-state index in [0.29, 0.717) is 24.7 Å². The van der Waals surface area contributed by atoms with Gasteiger partial charge in [-0.05, 0) is 30.8 Å². The van der Waals surface area contributed by atoms with Crippen LogP contribution in [0.4, 0.5) is 0 Å². The molecule has 0 atom stereocenters.